The van der Waals surface area contributed by atoms with E-state index >= 15 is 0 Å². The molecular weight excluding hydrogens is 268 g/mol. The fourth-order valence-electron chi connectivity index (χ4n) is 3.53. The molecule has 3 atom stereocenters. The molecule has 0 saturated heterocycles. The lowest BCUT2D eigenvalue weighted by atomic mass is 9.98. The van der Waals surface area contributed by atoms with Crippen molar-refractivity contribution in [3.8, 4) is 0 Å². The second kappa shape index (κ2) is 5.40. The summed E-state index contributed by atoms with van der Waals surface area (Å²) < 4.78 is 2.37. The van der Waals surface area contributed by atoms with Gasteiger partial charge in [0.1, 0.15) is 5.82 Å². The van der Waals surface area contributed by atoms with Gasteiger partial charge in [0.2, 0.25) is 0 Å². The molecule has 0 bridgehead atoms. The van der Waals surface area contributed by atoms with Gasteiger partial charge in [0.15, 0.2) is 0 Å². The highest BCUT2D eigenvalue weighted by atomic mass is 35.5. The predicted octanol–water partition coefficient (Wildman–Crippen LogP) is 5.08. The summed E-state index contributed by atoms with van der Waals surface area (Å²) in [6, 6.07) is 6.43. The number of aromatic nitrogens is 2. The van der Waals surface area contributed by atoms with Gasteiger partial charge >= 0.3 is 0 Å². The van der Waals surface area contributed by atoms with Gasteiger partial charge in [-0.15, -0.1) is 11.6 Å². The third kappa shape index (κ3) is 2.35. The summed E-state index contributed by atoms with van der Waals surface area (Å²) >= 11 is 6.37. The van der Waals surface area contributed by atoms with Gasteiger partial charge in [0.25, 0.3) is 0 Å². The smallest absolute Gasteiger partial charge is 0.127 e. The first kappa shape index (κ1) is 13.9. The van der Waals surface area contributed by atoms with Crippen molar-refractivity contribution in [2.75, 3.05) is 0 Å². The minimum absolute atomic E-state index is 0.0430. The number of fused-ring (bicyclic) bond motifs is 1. The van der Waals surface area contributed by atoms with Crippen LogP contribution in [0.2, 0.25) is 0 Å². The predicted molar refractivity (Wildman–Crippen MR) is 85.2 cm³/mol. The minimum Gasteiger partial charge on any atom is -0.326 e. The number of para-hydroxylation sites is 1. The van der Waals surface area contributed by atoms with Gasteiger partial charge in [-0.2, -0.15) is 0 Å². The molecule has 3 unspecified atom stereocenters. The summed E-state index contributed by atoms with van der Waals surface area (Å²) in [6.07, 6.45) is 4.06. The van der Waals surface area contributed by atoms with Gasteiger partial charge in [-0.05, 0) is 43.7 Å². The Labute approximate surface area is 126 Å². The minimum atomic E-state index is -0.0430. The third-order valence-electron chi connectivity index (χ3n) is 4.82. The maximum atomic E-state index is 6.37. The summed E-state index contributed by atoms with van der Waals surface area (Å²) in [4.78, 5) is 4.81. The van der Waals surface area contributed by atoms with Crippen LogP contribution >= 0.6 is 11.6 Å². The first-order chi connectivity index (χ1) is 9.58. The molecule has 2 nitrogen and oxygen atoms in total. The zero-order valence-electron chi connectivity index (χ0n) is 12.6. The molecule has 108 valence electrons. The molecule has 20 heavy (non-hydrogen) atoms. The van der Waals surface area contributed by atoms with E-state index in [-0.39, 0.29) is 5.38 Å². The van der Waals surface area contributed by atoms with Crippen molar-refractivity contribution in [3.05, 3.63) is 29.6 Å². The molecular formula is C17H23ClN2. The quantitative estimate of drug-likeness (QED) is 0.721. The van der Waals surface area contributed by atoms with Crippen LogP contribution in [-0.4, -0.2) is 9.55 Å². The van der Waals surface area contributed by atoms with Crippen molar-refractivity contribution >= 4 is 22.6 Å². The van der Waals surface area contributed by atoms with Crippen LogP contribution < -0.4 is 0 Å². The van der Waals surface area contributed by atoms with Crippen LogP contribution in [0.15, 0.2) is 18.2 Å². The average molecular weight is 291 g/mol. The Kier molecular flexibility index (Phi) is 3.76. The van der Waals surface area contributed by atoms with Crippen molar-refractivity contribution in [2.24, 2.45) is 11.8 Å². The van der Waals surface area contributed by atoms with E-state index < -0.39 is 0 Å². The molecule has 1 aromatic heterocycles. The molecule has 3 heteroatoms. The number of nitrogens with zero attached hydrogens (tertiary/aromatic N) is 2. The van der Waals surface area contributed by atoms with Crippen molar-refractivity contribution in [2.45, 2.75) is 52.0 Å². The van der Waals surface area contributed by atoms with Crippen LogP contribution in [0.4, 0.5) is 0 Å². The van der Waals surface area contributed by atoms with Gasteiger partial charge < -0.3 is 4.57 Å². The second-order valence-electron chi connectivity index (χ2n) is 6.31. The normalized spacial score (nSPS) is 24.4. The molecule has 0 N–H and O–H groups in total. The fourth-order valence-corrected chi connectivity index (χ4v) is 3.70. The van der Waals surface area contributed by atoms with Crippen molar-refractivity contribution in [1.82, 2.24) is 9.55 Å². The first-order valence-corrected chi connectivity index (χ1v) is 8.11. The van der Waals surface area contributed by atoms with Crippen LogP contribution in [0.1, 0.15) is 49.9 Å². The number of imidazole rings is 1. The lowest BCUT2D eigenvalue weighted by molar-refractivity contribution is 0.363. The van der Waals surface area contributed by atoms with E-state index in [1.54, 1.807) is 0 Å². The molecule has 1 aliphatic rings. The molecule has 1 aromatic carbocycles. The van der Waals surface area contributed by atoms with Gasteiger partial charge in [-0.25, -0.2) is 4.98 Å². The molecule has 1 aliphatic carbocycles. The van der Waals surface area contributed by atoms with E-state index in [4.69, 9.17) is 16.6 Å². The number of hydrogen-bond donors (Lipinski definition) is 0. The molecule has 1 heterocycles. The third-order valence-corrected chi connectivity index (χ3v) is 5.02. The first-order valence-electron chi connectivity index (χ1n) is 7.67. The van der Waals surface area contributed by atoms with Crippen LogP contribution in [0.3, 0.4) is 0 Å². The lowest BCUT2D eigenvalue weighted by Gasteiger charge is -2.19. The van der Waals surface area contributed by atoms with Crippen LogP contribution in [0.25, 0.3) is 11.0 Å². The highest BCUT2D eigenvalue weighted by Gasteiger charge is 2.26. The van der Waals surface area contributed by atoms with Crippen LogP contribution in [-0.2, 0) is 6.54 Å². The Balaban J connectivity index is 2.07. The van der Waals surface area contributed by atoms with Gasteiger partial charge in [-0.3, -0.25) is 0 Å². The SMILES string of the molecule is Cc1cccc2c1nc(C(C)Cl)n2CC1CCCC1C. The van der Waals surface area contributed by atoms with E-state index in [2.05, 4.69) is 36.6 Å². The second-order valence-corrected chi connectivity index (χ2v) is 6.96. The zero-order valence-corrected chi connectivity index (χ0v) is 13.3. The maximum Gasteiger partial charge on any atom is 0.127 e. The largest absolute Gasteiger partial charge is 0.326 e. The lowest BCUT2D eigenvalue weighted by Crippen LogP contribution is -2.15. The molecule has 1 saturated carbocycles. The van der Waals surface area contributed by atoms with E-state index in [0.717, 1.165) is 29.7 Å². The molecule has 3 rings (SSSR count). The van der Waals surface area contributed by atoms with E-state index in [1.165, 1.54) is 30.3 Å². The summed E-state index contributed by atoms with van der Waals surface area (Å²) in [7, 11) is 0. The summed E-state index contributed by atoms with van der Waals surface area (Å²) in [5, 5.41) is -0.0430. The molecule has 1 fully saturated rings. The molecule has 0 amide bonds. The topological polar surface area (TPSA) is 17.8 Å². The number of alkyl halides is 1. The molecule has 0 aliphatic heterocycles. The number of rotatable bonds is 3. The van der Waals surface area contributed by atoms with E-state index in [1.807, 2.05) is 6.92 Å². The Morgan fingerprint density at radius 1 is 1.40 bits per heavy atom. The fraction of sp³-hybridized carbons (Fsp3) is 0.588. The molecule has 0 radical (unpaired) electrons. The number of halogens is 1. The summed E-state index contributed by atoms with van der Waals surface area (Å²) in [6.45, 7) is 7.59. The number of benzene rings is 1. The van der Waals surface area contributed by atoms with Crippen molar-refractivity contribution < 1.29 is 0 Å². The zero-order chi connectivity index (χ0) is 14.3. The van der Waals surface area contributed by atoms with Gasteiger partial charge in [0.05, 0.1) is 16.4 Å². The monoisotopic (exact) mass is 290 g/mol. The Morgan fingerprint density at radius 2 is 2.20 bits per heavy atom. The average Bonchev–Trinajstić information content (AvgIpc) is 2.96. The Morgan fingerprint density at radius 3 is 2.85 bits per heavy atom. The number of hydrogen-bond acceptors (Lipinski definition) is 1. The highest BCUT2D eigenvalue weighted by molar-refractivity contribution is 6.20. The van der Waals surface area contributed by atoms with Crippen molar-refractivity contribution in [3.63, 3.8) is 0 Å². The van der Waals surface area contributed by atoms with E-state index in [0.29, 0.717) is 0 Å². The molecule has 2 aromatic rings. The van der Waals surface area contributed by atoms with Crippen LogP contribution in [0.5, 0.6) is 0 Å². The van der Waals surface area contributed by atoms with Crippen molar-refractivity contribution in [1.29, 1.82) is 0 Å². The van der Waals surface area contributed by atoms with Gasteiger partial charge in [0, 0.05) is 6.54 Å². The number of aryl methyl sites for hydroxylation is 1. The Hall–Kier alpha value is -1.02. The van der Waals surface area contributed by atoms with Crippen LogP contribution in [0, 0.1) is 18.8 Å². The van der Waals surface area contributed by atoms with E-state index in [9.17, 15) is 0 Å². The Bertz CT molecular complexity index is 615. The highest BCUT2D eigenvalue weighted by Crippen LogP contribution is 2.35. The summed E-state index contributed by atoms with van der Waals surface area (Å²) in [5.41, 5.74) is 3.59. The standard InChI is InChI=1S/C17H23ClN2/c1-11-6-4-8-14(11)10-20-15-9-5-7-12(2)16(15)19-17(20)13(3)18/h5,7,9,11,13-14H,4,6,8,10H2,1-3H3. The molecule has 0 spiro atoms. The summed E-state index contributed by atoms with van der Waals surface area (Å²) in [5.74, 6) is 2.60. The van der Waals surface area contributed by atoms with Gasteiger partial charge in [-0.1, -0.05) is 31.9 Å². The maximum absolute atomic E-state index is 6.37.